The summed E-state index contributed by atoms with van der Waals surface area (Å²) in [5, 5.41) is 4.37. The van der Waals surface area contributed by atoms with E-state index in [2.05, 4.69) is 21.7 Å². The third-order valence-corrected chi connectivity index (χ3v) is 3.42. The van der Waals surface area contributed by atoms with Crippen LogP contribution in [0, 0.1) is 0 Å². The summed E-state index contributed by atoms with van der Waals surface area (Å²) in [6, 6.07) is 13.4. The van der Waals surface area contributed by atoms with Crippen molar-refractivity contribution < 1.29 is 17.9 Å². The molecule has 0 fully saturated rings. The van der Waals surface area contributed by atoms with Crippen LogP contribution in [0.4, 0.5) is 13.2 Å². The van der Waals surface area contributed by atoms with Gasteiger partial charge in [-0.15, -0.1) is 18.3 Å². The van der Waals surface area contributed by atoms with Crippen molar-refractivity contribution in [2.45, 2.75) is 19.7 Å². The van der Waals surface area contributed by atoms with Crippen LogP contribution in [0.2, 0.25) is 0 Å². The molecule has 3 rings (SSSR count). The minimum absolute atomic E-state index is 0.276. The minimum Gasteiger partial charge on any atom is -0.406 e. The highest BCUT2D eigenvalue weighted by Crippen LogP contribution is 2.24. The number of benzene rings is 2. The van der Waals surface area contributed by atoms with E-state index in [-0.39, 0.29) is 5.75 Å². The molecule has 24 heavy (non-hydrogen) atoms. The quantitative estimate of drug-likeness (QED) is 0.711. The molecule has 1 heterocycles. The maximum atomic E-state index is 12.2. The molecule has 0 saturated carbocycles. The molecule has 1 aromatic heterocycles. The number of halogens is 3. The second-order valence-electron chi connectivity index (χ2n) is 5.11. The normalized spacial score (nSPS) is 11.5. The molecule has 4 nitrogen and oxygen atoms in total. The first kappa shape index (κ1) is 16.0. The van der Waals surface area contributed by atoms with Crippen LogP contribution in [0.3, 0.4) is 0 Å². The van der Waals surface area contributed by atoms with Crippen LogP contribution in [-0.4, -0.2) is 21.1 Å². The molecule has 2 aromatic carbocycles. The van der Waals surface area contributed by atoms with Crippen LogP contribution in [0.15, 0.2) is 54.9 Å². The topological polar surface area (TPSA) is 39.9 Å². The molecule has 0 aliphatic rings. The Hall–Kier alpha value is -2.83. The Balaban J connectivity index is 1.82. The maximum absolute atomic E-state index is 12.2. The minimum atomic E-state index is -4.70. The van der Waals surface area contributed by atoms with Crippen molar-refractivity contribution in [3.8, 4) is 22.8 Å². The van der Waals surface area contributed by atoms with E-state index in [0.717, 1.165) is 12.0 Å². The molecule has 124 valence electrons. The van der Waals surface area contributed by atoms with E-state index in [9.17, 15) is 13.2 Å². The predicted molar refractivity (Wildman–Crippen MR) is 82.9 cm³/mol. The molecule has 0 bridgehead atoms. The van der Waals surface area contributed by atoms with Gasteiger partial charge in [-0.3, -0.25) is 0 Å². The average Bonchev–Trinajstić information content (AvgIpc) is 3.04. The fraction of sp³-hybridized carbons (Fsp3) is 0.176. The highest BCUT2D eigenvalue weighted by Gasteiger charge is 2.30. The summed E-state index contributed by atoms with van der Waals surface area (Å²) in [4.78, 5) is 4.26. The van der Waals surface area contributed by atoms with Gasteiger partial charge in [-0.2, -0.15) is 0 Å². The molecule has 0 atom stereocenters. The third kappa shape index (κ3) is 3.73. The van der Waals surface area contributed by atoms with Crippen molar-refractivity contribution >= 4 is 0 Å². The Bertz CT molecular complexity index is 826. The van der Waals surface area contributed by atoms with Crippen LogP contribution >= 0.6 is 0 Å². The summed E-state index contributed by atoms with van der Waals surface area (Å²) in [6.45, 7) is 2.07. The Morgan fingerprint density at radius 3 is 2.50 bits per heavy atom. The number of ether oxygens (including phenoxy) is 1. The van der Waals surface area contributed by atoms with E-state index in [1.54, 1.807) is 0 Å². The number of aryl methyl sites for hydroxylation is 1. The van der Waals surface area contributed by atoms with Crippen molar-refractivity contribution in [2.24, 2.45) is 0 Å². The maximum Gasteiger partial charge on any atom is 0.573 e. The van der Waals surface area contributed by atoms with Crippen LogP contribution in [0.25, 0.3) is 17.1 Å². The lowest BCUT2D eigenvalue weighted by molar-refractivity contribution is -0.274. The zero-order valence-corrected chi connectivity index (χ0v) is 12.8. The van der Waals surface area contributed by atoms with E-state index in [1.807, 2.05) is 24.3 Å². The van der Waals surface area contributed by atoms with E-state index < -0.39 is 6.36 Å². The Kier molecular flexibility index (Phi) is 4.24. The van der Waals surface area contributed by atoms with E-state index in [0.29, 0.717) is 11.5 Å². The van der Waals surface area contributed by atoms with Crippen molar-refractivity contribution in [1.29, 1.82) is 0 Å². The van der Waals surface area contributed by atoms with Crippen LogP contribution < -0.4 is 4.74 Å². The van der Waals surface area contributed by atoms with Gasteiger partial charge in [-0.25, -0.2) is 9.67 Å². The van der Waals surface area contributed by atoms with Gasteiger partial charge in [0.25, 0.3) is 0 Å². The molecule has 0 spiro atoms. The van der Waals surface area contributed by atoms with Gasteiger partial charge in [0.05, 0.1) is 5.69 Å². The molecule has 0 saturated heterocycles. The Morgan fingerprint density at radius 1 is 1.08 bits per heavy atom. The monoisotopic (exact) mass is 333 g/mol. The van der Waals surface area contributed by atoms with Gasteiger partial charge in [0.15, 0.2) is 5.82 Å². The van der Waals surface area contributed by atoms with Gasteiger partial charge in [0.1, 0.15) is 12.1 Å². The molecular formula is C17H14F3N3O. The largest absolute Gasteiger partial charge is 0.573 e. The number of hydrogen-bond donors (Lipinski definition) is 0. The van der Waals surface area contributed by atoms with Gasteiger partial charge in [0, 0.05) is 5.56 Å². The SMILES string of the molecule is CCc1cccc(-c2ncn(-c3ccc(OC(F)(F)F)cc3)n2)c1. The second kappa shape index (κ2) is 6.35. The highest BCUT2D eigenvalue weighted by atomic mass is 19.4. The smallest absolute Gasteiger partial charge is 0.406 e. The van der Waals surface area contributed by atoms with Gasteiger partial charge in [0.2, 0.25) is 0 Å². The molecular weight excluding hydrogens is 319 g/mol. The summed E-state index contributed by atoms with van der Waals surface area (Å²) >= 11 is 0. The predicted octanol–water partition coefficient (Wildman–Crippen LogP) is 4.40. The van der Waals surface area contributed by atoms with Crippen molar-refractivity contribution in [1.82, 2.24) is 14.8 Å². The van der Waals surface area contributed by atoms with E-state index in [1.165, 1.54) is 40.8 Å². The molecule has 0 aliphatic heterocycles. The number of aromatic nitrogens is 3. The van der Waals surface area contributed by atoms with Crippen LogP contribution in [0.5, 0.6) is 5.75 Å². The summed E-state index contributed by atoms with van der Waals surface area (Å²) in [7, 11) is 0. The first-order chi connectivity index (χ1) is 11.4. The van der Waals surface area contributed by atoms with Gasteiger partial charge >= 0.3 is 6.36 Å². The van der Waals surface area contributed by atoms with Crippen molar-refractivity contribution in [2.75, 3.05) is 0 Å². The standard InChI is InChI=1S/C17H14F3N3O/c1-2-12-4-3-5-13(10-12)16-21-11-23(22-16)14-6-8-15(9-7-14)24-17(18,19)20/h3-11H,2H2,1H3. The van der Waals surface area contributed by atoms with Crippen LogP contribution in [0.1, 0.15) is 12.5 Å². The fourth-order valence-corrected chi connectivity index (χ4v) is 2.25. The number of rotatable bonds is 4. The lowest BCUT2D eigenvalue weighted by Gasteiger charge is -2.09. The molecule has 0 radical (unpaired) electrons. The third-order valence-electron chi connectivity index (χ3n) is 3.42. The Morgan fingerprint density at radius 2 is 1.83 bits per heavy atom. The van der Waals surface area contributed by atoms with E-state index in [4.69, 9.17) is 0 Å². The highest BCUT2D eigenvalue weighted by molar-refractivity contribution is 5.55. The number of alkyl halides is 3. The molecule has 7 heteroatoms. The Labute approximate surface area is 136 Å². The lowest BCUT2D eigenvalue weighted by Crippen LogP contribution is -2.17. The van der Waals surface area contributed by atoms with Crippen LogP contribution in [-0.2, 0) is 6.42 Å². The van der Waals surface area contributed by atoms with Crippen molar-refractivity contribution in [3.63, 3.8) is 0 Å². The molecule has 0 aliphatic carbocycles. The van der Waals surface area contributed by atoms with Gasteiger partial charge in [-0.1, -0.05) is 25.1 Å². The van der Waals surface area contributed by atoms with Gasteiger partial charge < -0.3 is 4.74 Å². The average molecular weight is 333 g/mol. The van der Waals surface area contributed by atoms with Gasteiger partial charge in [-0.05, 0) is 42.3 Å². The summed E-state index contributed by atoms with van der Waals surface area (Å²) in [5.41, 5.74) is 2.66. The molecule has 0 amide bonds. The lowest BCUT2D eigenvalue weighted by atomic mass is 10.1. The summed E-state index contributed by atoms with van der Waals surface area (Å²) < 4.78 is 41.9. The zero-order valence-electron chi connectivity index (χ0n) is 12.8. The molecule has 0 N–H and O–H groups in total. The fourth-order valence-electron chi connectivity index (χ4n) is 2.25. The first-order valence-electron chi connectivity index (χ1n) is 7.32. The number of hydrogen-bond acceptors (Lipinski definition) is 3. The molecule has 0 unspecified atom stereocenters. The summed E-state index contributed by atoms with van der Waals surface area (Å²) in [6.07, 6.45) is -2.27. The first-order valence-corrected chi connectivity index (χ1v) is 7.32. The van der Waals surface area contributed by atoms with E-state index >= 15 is 0 Å². The number of nitrogens with zero attached hydrogens (tertiary/aromatic N) is 3. The molecule has 3 aromatic rings. The zero-order chi connectivity index (χ0) is 17.2. The second-order valence-corrected chi connectivity index (χ2v) is 5.11. The summed E-state index contributed by atoms with van der Waals surface area (Å²) in [5.74, 6) is 0.281. The van der Waals surface area contributed by atoms with Crippen molar-refractivity contribution in [3.05, 3.63) is 60.4 Å².